The fraction of sp³-hybridized carbons (Fsp3) is 0.400. The fourth-order valence-corrected chi connectivity index (χ4v) is 1.33. The molecule has 0 aliphatic heterocycles. The van der Waals surface area contributed by atoms with Gasteiger partial charge in [0.15, 0.2) is 0 Å². The SMILES string of the molecule is O=NCCc1ccccc1CCO. The second kappa shape index (κ2) is 5.43. The van der Waals surface area contributed by atoms with Gasteiger partial charge in [0.2, 0.25) is 0 Å². The van der Waals surface area contributed by atoms with E-state index in [4.69, 9.17) is 5.11 Å². The highest BCUT2D eigenvalue weighted by Crippen LogP contribution is 2.09. The number of nitrogens with zero attached hydrogens (tertiary/aromatic N) is 1. The monoisotopic (exact) mass is 179 g/mol. The van der Waals surface area contributed by atoms with E-state index in [1.807, 2.05) is 24.3 Å². The van der Waals surface area contributed by atoms with E-state index in [0.29, 0.717) is 19.4 Å². The predicted molar refractivity (Wildman–Crippen MR) is 51.6 cm³/mol. The van der Waals surface area contributed by atoms with E-state index in [0.717, 1.165) is 11.1 Å². The maximum atomic E-state index is 9.95. The molecule has 0 bridgehead atoms. The van der Waals surface area contributed by atoms with E-state index >= 15 is 0 Å². The topological polar surface area (TPSA) is 49.7 Å². The Bertz CT molecular complexity index is 273. The summed E-state index contributed by atoms with van der Waals surface area (Å²) in [4.78, 5) is 9.95. The zero-order chi connectivity index (χ0) is 9.52. The highest BCUT2D eigenvalue weighted by atomic mass is 16.3. The summed E-state index contributed by atoms with van der Waals surface area (Å²) in [5.74, 6) is 0. The summed E-state index contributed by atoms with van der Waals surface area (Å²) in [5.41, 5.74) is 2.21. The molecule has 70 valence electrons. The van der Waals surface area contributed by atoms with E-state index in [1.165, 1.54) is 0 Å². The summed E-state index contributed by atoms with van der Waals surface area (Å²) in [7, 11) is 0. The Balaban J connectivity index is 2.71. The Morgan fingerprint density at radius 2 is 1.77 bits per heavy atom. The highest BCUT2D eigenvalue weighted by Gasteiger charge is 2.00. The summed E-state index contributed by atoms with van der Waals surface area (Å²) in [5, 5.41) is 11.6. The van der Waals surface area contributed by atoms with Gasteiger partial charge in [-0.2, -0.15) is 4.91 Å². The number of rotatable bonds is 5. The third-order valence-corrected chi connectivity index (χ3v) is 1.97. The third-order valence-electron chi connectivity index (χ3n) is 1.97. The van der Waals surface area contributed by atoms with Crippen LogP contribution < -0.4 is 0 Å². The smallest absolute Gasteiger partial charge is 0.0851 e. The van der Waals surface area contributed by atoms with Gasteiger partial charge in [0.05, 0.1) is 6.54 Å². The number of benzene rings is 1. The lowest BCUT2D eigenvalue weighted by atomic mass is 10.0. The lowest BCUT2D eigenvalue weighted by molar-refractivity contribution is 0.299. The first-order valence-corrected chi connectivity index (χ1v) is 4.35. The van der Waals surface area contributed by atoms with Crippen LogP contribution in [-0.4, -0.2) is 18.3 Å². The van der Waals surface area contributed by atoms with Crippen LogP contribution in [0.3, 0.4) is 0 Å². The third kappa shape index (κ3) is 2.95. The number of aliphatic hydroxyl groups is 1. The maximum absolute atomic E-state index is 9.95. The van der Waals surface area contributed by atoms with Crippen molar-refractivity contribution in [3.8, 4) is 0 Å². The maximum Gasteiger partial charge on any atom is 0.0851 e. The van der Waals surface area contributed by atoms with Gasteiger partial charge in [-0.3, -0.25) is 0 Å². The molecule has 1 rings (SSSR count). The van der Waals surface area contributed by atoms with Gasteiger partial charge in [-0.25, -0.2) is 0 Å². The standard InChI is InChI=1S/C10H13NO2/c12-8-6-10-4-2-1-3-9(10)5-7-11-13/h1-4,12H,5-8H2. The van der Waals surface area contributed by atoms with E-state index in [2.05, 4.69) is 5.18 Å². The van der Waals surface area contributed by atoms with Crippen LogP contribution in [0.5, 0.6) is 0 Å². The van der Waals surface area contributed by atoms with Gasteiger partial charge >= 0.3 is 0 Å². The molecule has 0 radical (unpaired) electrons. The summed E-state index contributed by atoms with van der Waals surface area (Å²) in [6.07, 6.45) is 1.31. The second-order valence-corrected chi connectivity index (χ2v) is 2.85. The van der Waals surface area contributed by atoms with Crippen molar-refractivity contribution in [1.29, 1.82) is 0 Å². The predicted octanol–water partition coefficient (Wildman–Crippen LogP) is 1.53. The van der Waals surface area contributed by atoms with Gasteiger partial charge in [-0.15, -0.1) is 0 Å². The molecule has 0 saturated heterocycles. The molecule has 0 amide bonds. The summed E-state index contributed by atoms with van der Waals surface area (Å²) < 4.78 is 0. The van der Waals surface area contributed by atoms with Crippen molar-refractivity contribution in [2.45, 2.75) is 12.8 Å². The molecule has 0 heterocycles. The Kier molecular flexibility index (Phi) is 4.12. The minimum Gasteiger partial charge on any atom is -0.396 e. The number of nitroso groups, excluding NO2 is 1. The zero-order valence-electron chi connectivity index (χ0n) is 7.44. The molecule has 0 spiro atoms. The highest BCUT2D eigenvalue weighted by molar-refractivity contribution is 5.27. The minimum atomic E-state index is 0.144. The summed E-state index contributed by atoms with van der Waals surface area (Å²) in [6, 6.07) is 7.80. The molecular weight excluding hydrogens is 166 g/mol. The second-order valence-electron chi connectivity index (χ2n) is 2.85. The average Bonchev–Trinajstić information content (AvgIpc) is 2.17. The fourth-order valence-electron chi connectivity index (χ4n) is 1.33. The van der Waals surface area contributed by atoms with E-state index in [1.54, 1.807) is 0 Å². The van der Waals surface area contributed by atoms with Gasteiger partial charge in [0.25, 0.3) is 0 Å². The van der Waals surface area contributed by atoms with Crippen LogP contribution in [-0.2, 0) is 12.8 Å². The van der Waals surface area contributed by atoms with Crippen molar-refractivity contribution in [2.75, 3.05) is 13.2 Å². The first kappa shape index (κ1) is 9.86. The molecule has 0 aliphatic rings. The van der Waals surface area contributed by atoms with Crippen LogP contribution in [0.25, 0.3) is 0 Å². The van der Waals surface area contributed by atoms with Gasteiger partial charge in [-0.05, 0) is 24.0 Å². The Morgan fingerprint density at radius 1 is 1.15 bits per heavy atom. The molecule has 0 unspecified atom stereocenters. The number of hydrogen-bond acceptors (Lipinski definition) is 3. The summed E-state index contributed by atoms with van der Waals surface area (Å²) >= 11 is 0. The van der Waals surface area contributed by atoms with Crippen molar-refractivity contribution >= 4 is 0 Å². The number of aliphatic hydroxyl groups excluding tert-OH is 1. The van der Waals surface area contributed by atoms with Crippen molar-refractivity contribution < 1.29 is 5.11 Å². The molecule has 0 aromatic heterocycles. The lowest BCUT2D eigenvalue weighted by Crippen LogP contribution is -1.98. The Hall–Kier alpha value is -1.22. The van der Waals surface area contributed by atoms with Gasteiger partial charge < -0.3 is 5.11 Å². The van der Waals surface area contributed by atoms with Crippen molar-refractivity contribution in [1.82, 2.24) is 0 Å². The average molecular weight is 179 g/mol. The molecule has 13 heavy (non-hydrogen) atoms. The molecule has 3 nitrogen and oxygen atoms in total. The van der Waals surface area contributed by atoms with Crippen LogP contribution in [0.15, 0.2) is 29.4 Å². The van der Waals surface area contributed by atoms with Crippen molar-refractivity contribution in [3.63, 3.8) is 0 Å². The molecule has 3 heteroatoms. The van der Waals surface area contributed by atoms with Crippen LogP contribution in [0.4, 0.5) is 0 Å². The van der Waals surface area contributed by atoms with E-state index in [-0.39, 0.29) is 6.61 Å². The van der Waals surface area contributed by atoms with Crippen molar-refractivity contribution in [3.05, 3.63) is 40.3 Å². The molecular formula is C10H13NO2. The normalized spacial score (nSPS) is 9.92. The first-order chi connectivity index (χ1) is 6.38. The minimum absolute atomic E-state index is 0.144. The zero-order valence-corrected chi connectivity index (χ0v) is 7.44. The van der Waals surface area contributed by atoms with Crippen LogP contribution >= 0.6 is 0 Å². The van der Waals surface area contributed by atoms with E-state index in [9.17, 15) is 4.91 Å². The van der Waals surface area contributed by atoms with Crippen molar-refractivity contribution in [2.24, 2.45) is 5.18 Å². The largest absolute Gasteiger partial charge is 0.396 e. The molecule has 0 aliphatic carbocycles. The van der Waals surface area contributed by atoms with Gasteiger partial charge in [-0.1, -0.05) is 29.4 Å². The van der Waals surface area contributed by atoms with Gasteiger partial charge in [0.1, 0.15) is 0 Å². The van der Waals surface area contributed by atoms with Gasteiger partial charge in [0, 0.05) is 6.61 Å². The Labute approximate surface area is 77.4 Å². The molecule has 1 aromatic rings. The molecule has 1 aromatic carbocycles. The lowest BCUT2D eigenvalue weighted by Gasteiger charge is -2.05. The van der Waals surface area contributed by atoms with E-state index < -0.39 is 0 Å². The van der Waals surface area contributed by atoms with Crippen LogP contribution in [0, 0.1) is 4.91 Å². The molecule has 0 atom stereocenters. The number of hydrogen-bond donors (Lipinski definition) is 1. The molecule has 0 fully saturated rings. The van der Waals surface area contributed by atoms with Crippen LogP contribution in [0.2, 0.25) is 0 Å². The Morgan fingerprint density at radius 3 is 2.31 bits per heavy atom. The summed E-state index contributed by atoms with van der Waals surface area (Å²) in [6.45, 7) is 0.452. The van der Waals surface area contributed by atoms with Crippen LogP contribution in [0.1, 0.15) is 11.1 Å². The first-order valence-electron chi connectivity index (χ1n) is 4.35. The quantitative estimate of drug-likeness (QED) is 0.697. The molecule has 1 N–H and O–H groups in total. The molecule has 0 saturated carbocycles.